The number of anilines is 1. The fourth-order valence-corrected chi connectivity index (χ4v) is 1.83. The molecule has 0 atom stereocenters. The molecule has 0 spiro atoms. The van der Waals surface area contributed by atoms with Crippen molar-refractivity contribution in [1.82, 2.24) is 0 Å². The smallest absolute Gasteiger partial charge is 0.101 e. The van der Waals surface area contributed by atoms with Crippen molar-refractivity contribution in [2.45, 2.75) is 25.8 Å². The first-order valence-electron chi connectivity index (χ1n) is 5.22. The Balaban J connectivity index is 2.19. The Morgan fingerprint density at radius 3 is 2.73 bits per heavy atom. The van der Waals surface area contributed by atoms with Crippen LogP contribution in [-0.2, 0) is 0 Å². The van der Waals surface area contributed by atoms with Crippen LogP contribution >= 0.6 is 0 Å². The maximum atomic E-state index is 8.98. The van der Waals surface area contributed by atoms with Gasteiger partial charge in [0.25, 0.3) is 0 Å². The van der Waals surface area contributed by atoms with Crippen molar-refractivity contribution in [3.63, 3.8) is 0 Å². The second-order valence-corrected chi connectivity index (χ2v) is 3.94. The number of benzene rings is 1. The predicted octanol–water partition coefficient (Wildman–Crippen LogP) is 3.00. The molecule has 0 fully saturated rings. The summed E-state index contributed by atoms with van der Waals surface area (Å²) in [6, 6.07) is 8.55. The summed E-state index contributed by atoms with van der Waals surface area (Å²) in [4.78, 5) is 0. The molecular formula is C13H14N2. The first-order chi connectivity index (χ1) is 7.29. The fraction of sp³-hybridized carbons (Fsp3) is 0.308. The van der Waals surface area contributed by atoms with E-state index in [1.165, 1.54) is 5.56 Å². The molecule has 2 nitrogen and oxygen atoms in total. The van der Waals surface area contributed by atoms with Crippen LogP contribution in [0.1, 0.15) is 24.0 Å². The van der Waals surface area contributed by atoms with Crippen LogP contribution in [0.4, 0.5) is 5.69 Å². The van der Waals surface area contributed by atoms with Gasteiger partial charge in [-0.2, -0.15) is 5.26 Å². The maximum Gasteiger partial charge on any atom is 0.101 e. The van der Waals surface area contributed by atoms with E-state index in [-0.39, 0.29) is 0 Å². The van der Waals surface area contributed by atoms with Crippen LogP contribution in [0.15, 0.2) is 30.4 Å². The quantitative estimate of drug-likeness (QED) is 0.741. The van der Waals surface area contributed by atoms with Gasteiger partial charge in [0.15, 0.2) is 0 Å². The minimum atomic E-state index is 0.457. The summed E-state index contributed by atoms with van der Waals surface area (Å²) in [5, 5.41) is 12.4. The third kappa shape index (κ3) is 2.19. The van der Waals surface area contributed by atoms with Crippen molar-refractivity contribution in [1.29, 1.82) is 5.26 Å². The number of hydrogen-bond acceptors (Lipinski definition) is 2. The lowest BCUT2D eigenvalue weighted by Crippen LogP contribution is -2.15. The van der Waals surface area contributed by atoms with Gasteiger partial charge in [0.1, 0.15) is 6.07 Å². The minimum Gasteiger partial charge on any atom is -0.381 e. The van der Waals surface area contributed by atoms with Crippen LogP contribution in [0.5, 0.6) is 0 Å². The SMILES string of the molecule is Cc1ccc(C#N)c(NC2CC=CC2)c1. The second-order valence-electron chi connectivity index (χ2n) is 3.94. The average molecular weight is 198 g/mol. The molecule has 1 aromatic rings. The standard InChI is InChI=1S/C13H14N2/c1-10-6-7-11(9-14)13(8-10)15-12-4-2-3-5-12/h2-3,6-8,12,15H,4-5H2,1H3. The van der Waals surface area contributed by atoms with Crippen molar-refractivity contribution >= 4 is 5.69 Å². The number of nitriles is 1. The molecule has 0 heterocycles. The van der Waals surface area contributed by atoms with E-state index in [1.54, 1.807) is 0 Å². The third-order valence-corrected chi connectivity index (χ3v) is 2.66. The number of aryl methyl sites for hydroxylation is 1. The first-order valence-corrected chi connectivity index (χ1v) is 5.22. The molecule has 1 aromatic carbocycles. The van der Waals surface area contributed by atoms with Crippen LogP contribution in [0.25, 0.3) is 0 Å². The Morgan fingerprint density at radius 2 is 2.07 bits per heavy atom. The molecule has 15 heavy (non-hydrogen) atoms. The molecule has 2 heteroatoms. The topological polar surface area (TPSA) is 35.8 Å². The van der Waals surface area contributed by atoms with Crippen LogP contribution in [-0.4, -0.2) is 6.04 Å². The first kappa shape index (κ1) is 9.79. The Kier molecular flexibility index (Phi) is 2.73. The number of rotatable bonds is 2. The summed E-state index contributed by atoms with van der Waals surface area (Å²) in [6.07, 6.45) is 6.47. The van der Waals surface area contributed by atoms with Gasteiger partial charge in [-0.3, -0.25) is 0 Å². The minimum absolute atomic E-state index is 0.457. The van der Waals surface area contributed by atoms with E-state index in [4.69, 9.17) is 5.26 Å². The zero-order chi connectivity index (χ0) is 10.7. The van der Waals surface area contributed by atoms with Gasteiger partial charge < -0.3 is 5.32 Å². The number of hydrogen-bond donors (Lipinski definition) is 1. The van der Waals surface area contributed by atoms with Crippen molar-refractivity contribution in [2.75, 3.05) is 5.32 Å². The molecule has 0 amide bonds. The van der Waals surface area contributed by atoms with Crippen molar-refractivity contribution in [3.05, 3.63) is 41.5 Å². The molecule has 0 aromatic heterocycles. The van der Waals surface area contributed by atoms with Gasteiger partial charge in [-0.25, -0.2) is 0 Å². The Morgan fingerprint density at radius 1 is 1.33 bits per heavy atom. The van der Waals surface area contributed by atoms with Gasteiger partial charge in [0.05, 0.1) is 11.3 Å². The molecule has 1 aliphatic carbocycles. The van der Waals surface area contributed by atoms with E-state index in [0.717, 1.165) is 24.1 Å². The second kappa shape index (κ2) is 4.18. The Bertz CT molecular complexity index is 419. The highest BCUT2D eigenvalue weighted by molar-refractivity contribution is 5.59. The van der Waals surface area contributed by atoms with E-state index in [1.807, 2.05) is 25.1 Å². The molecule has 0 saturated carbocycles. The Labute approximate surface area is 90.2 Å². The summed E-state index contributed by atoms with van der Waals surface area (Å²) < 4.78 is 0. The van der Waals surface area contributed by atoms with E-state index < -0.39 is 0 Å². The van der Waals surface area contributed by atoms with Gasteiger partial charge in [-0.15, -0.1) is 0 Å². The monoisotopic (exact) mass is 198 g/mol. The summed E-state index contributed by atoms with van der Waals surface area (Å²) >= 11 is 0. The largest absolute Gasteiger partial charge is 0.381 e. The summed E-state index contributed by atoms with van der Waals surface area (Å²) in [5.74, 6) is 0. The van der Waals surface area contributed by atoms with Crippen LogP contribution in [0.2, 0.25) is 0 Å². The Hall–Kier alpha value is -1.75. The highest BCUT2D eigenvalue weighted by Crippen LogP contribution is 2.21. The predicted molar refractivity (Wildman–Crippen MR) is 61.7 cm³/mol. The van der Waals surface area contributed by atoms with Crippen molar-refractivity contribution < 1.29 is 0 Å². The molecule has 76 valence electrons. The van der Waals surface area contributed by atoms with Crippen LogP contribution < -0.4 is 5.32 Å². The van der Waals surface area contributed by atoms with Gasteiger partial charge in [0.2, 0.25) is 0 Å². The third-order valence-electron chi connectivity index (χ3n) is 2.66. The lowest BCUT2D eigenvalue weighted by molar-refractivity contribution is 0.786. The van der Waals surface area contributed by atoms with E-state index in [0.29, 0.717) is 6.04 Å². The van der Waals surface area contributed by atoms with E-state index >= 15 is 0 Å². The highest BCUT2D eigenvalue weighted by Gasteiger charge is 2.11. The average Bonchev–Trinajstić information content (AvgIpc) is 2.71. The van der Waals surface area contributed by atoms with Crippen molar-refractivity contribution in [3.8, 4) is 6.07 Å². The van der Waals surface area contributed by atoms with Gasteiger partial charge in [-0.1, -0.05) is 18.2 Å². The molecule has 0 bridgehead atoms. The molecular weight excluding hydrogens is 184 g/mol. The summed E-state index contributed by atoms with van der Waals surface area (Å²) in [5.41, 5.74) is 2.88. The van der Waals surface area contributed by atoms with Crippen molar-refractivity contribution in [2.24, 2.45) is 0 Å². The highest BCUT2D eigenvalue weighted by atomic mass is 14.9. The van der Waals surface area contributed by atoms with Crippen LogP contribution in [0, 0.1) is 18.3 Å². The molecule has 1 N–H and O–H groups in total. The summed E-state index contributed by atoms with van der Waals surface area (Å²) in [7, 11) is 0. The van der Waals surface area contributed by atoms with Crippen LogP contribution in [0.3, 0.4) is 0 Å². The fourth-order valence-electron chi connectivity index (χ4n) is 1.83. The molecule has 1 aliphatic rings. The molecule has 0 aliphatic heterocycles. The van der Waals surface area contributed by atoms with Gasteiger partial charge >= 0.3 is 0 Å². The molecule has 0 radical (unpaired) electrons. The number of nitrogens with one attached hydrogen (secondary N) is 1. The van der Waals surface area contributed by atoms with E-state index in [9.17, 15) is 0 Å². The lowest BCUT2D eigenvalue weighted by atomic mass is 10.1. The summed E-state index contributed by atoms with van der Waals surface area (Å²) in [6.45, 7) is 2.04. The zero-order valence-corrected chi connectivity index (χ0v) is 8.83. The normalized spacial score (nSPS) is 15.2. The van der Waals surface area contributed by atoms with E-state index in [2.05, 4.69) is 23.5 Å². The molecule has 2 rings (SSSR count). The molecule has 0 saturated heterocycles. The molecule has 0 unspecified atom stereocenters. The lowest BCUT2D eigenvalue weighted by Gasteiger charge is -2.15. The number of nitrogens with zero attached hydrogens (tertiary/aromatic N) is 1. The van der Waals surface area contributed by atoms with Gasteiger partial charge in [-0.05, 0) is 37.5 Å². The van der Waals surface area contributed by atoms with Gasteiger partial charge in [0, 0.05) is 6.04 Å². The zero-order valence-electron chi connectivity index (χ0n) is 8.83. The maximum absolute atomic E-state index is 8.98.